The molecular weight excluding hydrogens is 640 g/mol. The molecule has 2 heterocycles. The lowest BCUT2D eigenvalue weighted by Gasteiger charge is -2.26. The fourth-order valence-corrected chi connectivity index (χ4v) is 4.27. The molecule has 0 aliphatic heterocycles. The van der Waals surface area contributed by atoms with Gasteiger partial charge in [-0.2, -0.15) is 0 Å². The Kier molecular flexibility index (Phi) is 15.1. The molecule has 2 aromatic heterocycles. The normalized spacial score (nSPS) is 13.9. The number of carbonyl (C=O) groups excluding carboxylic acids is 5. The number of aromatic amines is 2. The Balaban J connectivity index is 2.24. The van der Waals surface area contributed by atoms with E-state index in [1.165, 1.54) is 25.0 Å². The van der Waals surface area contributed by atoms with E-state index in [9.17, 15) is 48.6 Å². The maximum atomic E-state index is 13.4. The molecule has 21 nitrogen and oxygen atoms in total. The van der Waals surface area contributed by atoms with Gasteiger partial charge in [0.1, 0.15) is 24.2 Å². The standard InChI is InChI=1S/C27H38N10O11/c28-15(7-13-9-30-11-32-13)23(43)34-17(2-5-21(39)40)25(45)35-16(1-4-20(29)38)24(44)36-18(3-6-22(41)42)26(46)37-19(27(47)48)8-14-10-31-12-33-14/h9-12,15-19H,1-8,28H2,(H2,29,38)(H,30,32)(H,31,33)(H,34,43)(H,35,45)(H,36,44)(H,37,46)(H,39,40)(H,41,42)(H,47,48)/t15-,16-,17-,18-,19-/m0/s1. The van der Waals surface area contributed by atoms with Gasteiger partial charge >= 0.3 is 17.9 Å². The number of aliphatic carboxylic acids is 3. The van der Waals surface area contributed by atoms with Gasteiger partial charge in [-0.15, -0.1) is 0 Å². The van der Waals surface area contributed by atoms with E-state index in [4.69, 9.17) is 16.6 Å². The highest BCUT2D eigenvalue weighted by molar-refractivity contribution is 5.96. The molecule has 5 amide bonds. The molecule has 0 aromatic carbocycles. The first-order valence-electron chi connectivity index (χ1n) is 14.5. The molecule has 0 radical (unpaired) electrons. The minimum Gasteiger partial charge on any atom is -0.481 e. The summed E-state index contributed by atoms with van der Waals surface area (Å²) in [6.07, 6.45) is 2.18. The van der Waals surface area contributed by atoms with Crippen molar-refractivity contribution in [3.8, 4) is 0 Å². The van der Waals surface area contributed by atoms with Gasteiger partial charge in [0, 0.05) is 55.9 Å². The molecule has 0 spiro atoms. The molecule has 0 bridgehead atoms. The minimum atomic E-state index is -1.62. The lowest BCUT2D eigenvalue weighted by atomic mass is 10.0. The van der Waals surface area contributed by atoms with Crippen molar-refractivity contribution >= 4 is 47.4 Å². The summed E-state index contributed by atoms with van der Waals surface area (Å²) >= 11 is 0. The Morgan fingerprint density at radius 3 is 1.40 bits per heavy atom. The van der Waals surface area contributed by atoms with Gasteiger partial charge in [-0.25, -0.2) is 14.8 Å². The number of H-pyrrole nitrogens is 2. The third-order valence-corrected chi connectivity index (χ3v) is 6.80. The zero-order valence-electron chi connectivity index (χ0n) is 25.5. The van der Waals surface area contributed by atoms with Crippen molar-refractivity contribution in [2.24, 2.45) is 11.5 Å². The summed E-state index contributed by atoms with van der Waals surface area (Å²) in [6, 6.07) is -7.43. The van der Waals surface area contributed by atoms with Crippen molar-refractivity contribution in [1.82, 2.24) is 41.2 Å². The zero-order chi connectivity index (χ0) is 35.8. The molecule has 2 aromatic rings. The molecule has 5 atom stereocenters. The topological polar surface area (TPSA) is 355 Å². The molecule has 2 rings (SSSR count). The summed E-state index contributed by atoms with van der Waals surface area (Å²) in [6.45, 7) is 0. The summed E-state index contributed by atoms with van der Waals surface area (Å²) in [4.78, 5) is 111. The van der Waals surface area contributed by atoms with E-state index in [1.807, 2.05) is 0 Å². The largest absolute Gasteiger partial charge is 0.481 e. The first-order chi connectivity index (χ1) is 22.7. The first-order valence-corrected chi connectivity index (χ1v) is 14.5. The van der Waals surface area contributed by atoms with Crippen LogP contribution in [0.15, 0.2) is 25.0 Å². The number of imidazole rings is 2. The molecule has 0 aliphatic rings. The van der Waals surface area contributed by atoms with Gasteiger partial charge < -0.3 is 58.0 Å². The van der Waals surface area contributed by atoms with Crippen LogP contribution in [0.3, 0.4) is 0 Å². The van der Waals surface area contributed by atoms with Crippen LogP contribution < -0.4 is 32.7 Å². The fourth-order valence-electron chi connectivity index (χ4n) is 4.27. The number of carboxylic acids is 3. The smallest absolute Gasteiger partial charge is 0.326 e. The SMILES string of the molecule is NC(=O)CC[C@H](NC(=O)[C@H](CCC(=O)O)NC(=O)[C@@H](N)Cc1cnc[nH]1)C(=O)N[C@@H](CCC(=O)O)C(=O)N[C@@H](Cc1cnc[nH]1)C(=O)O. The average Bonchev–Trinajstić information content (AvgIpc) is 3.73. The van der Waals surface area contributed by atoms with E-state index in [-0.39, 0.29) is 12.8 Å². The fraction of sp³-hybridized carbons (Fsp3) is 0.481. The van der Waals surface area contributed by atoms with Crippen LogP contribution in [-0.4, -0.2) is 113 Å². The van der Waals surface area contributed by atoms with E-state index in [0.717, 1.165) is 0 Å². The predicted octanol–water partition coefficient (Wildman–Crippen LogP) is -3.74. The van der Waals surface area contributed by atoms with Crippen LogP contribution in [0, 0.1) is 0 Å². The maximum absolute atomic E-state index is 13.4. The Hall–Kier alpha value is -5.86. The van der Waals surface area contributed by atoms with Gasteiger partial charge in [0.2, 0.25) is 29.5 Å². The van der Waals surface area contributed by atoms with Gasteiger partial charge in [-0.3, -0.25) is 33.6 Å². The van der Waals surface area contributed by atoms with Crippen molar-refractivity contribution in [3.05, 3.63) is 36.4 Å². The average molecular weight is 679 g/mol. The van der Waals surface area contributed by atoms with Crippen LogP contribution in [0.1, 0.15) is 49.9 Å². The summed E-state index contributed by atoms with van der Waals surface area (Å²) in [5, 5.41) is 37.1. The number of nitrogens with zero attached hydrogens (tertiary/aromatic N) is 2. The molecule has 262 valence electrons. The summed E-state index contributed by atoms with van der Waals surface area (Å²) in [5.41, 5.74) is 12.0. The third kappa shape index (κ3) is 13.6. The van der Waals surface area contributed by atoms with Crippen molar-refractivity contribution in [2.75, 3.05) is 0 Å². The highest BCUT2D eigenvalue weighted by Gasteiger charge is 2.32. The molecule has 0 saturated carbocycles. The summed E-state index contributed by atoms with van der Waals surface area (Å²) < 4.78 is 0. The molecule has 0 aliphatic carbocycles. The van der Waals surface area contributed by atoms with E-state index in [1.54, 1.807) is 0 Å². The van der Waals surface area contributed by atoms with Gasteiger partial charge in [-0.05, 0) is 19.3 Å². The number of carbonyl (C=O) groups is 8. The number of nitrogens with two attached hydrogens (primary N) is 2. The molecular formula is C27H38N10O11. The third-order valence-electron chi connectivity index (χ3n) is 6.80. The van der Waals surface area contributed by atoms with Crippen LogP contribution >= 0.6 is 0 Å². The first kappa shape index (κ1) is 38.3. The number of nitrogens with one attached hydrogen (secondary N) is 6. The highest BCUT2D eigenvalue weighted by Crippen LogP contribution is 2.08. The van der Waals surface area contributed by atoms with E-state index >= 15 is 0 Å². The lowest BCUT2D eigenvalue weighted by Crippen LogP contribution is -2.58. The van der Waals surface area contributed by atoms with Crippen LogP contribution in [0.25, 0.3) is 0 Å². The second-order valence-electron chi connectivity index (χ2n) is 10.6. The van der Waals surface area contributed by atoms with Crippen molar-refractivity contribution < 1.29 is 53.7 Å². The van der Waals surface area contributed by atoms with E-state index < -0.39 is 116 Å². The van der Waals surface area contributed by atoms with Crippen molar-refractivity contribution in [1.29, 1.82) is 0 Å². The summed E-state index contributed by atoms with van der Waals surface area (Å²) in [5.74, 6) is -8.97. The Labute approximate surface area is 272 Å². The van der Waals surface area contributed by atoms with Crippen molar-refractivity contribution in [3.63, 3.8) is 0 Å². The second-order valence-corrected chi connectivity index (χ2v) is 10.6. The van der Waals surface area contributed by atoms with Crippen LogP contribution in [0.4, 0.5) is 0 Å². The van der Waals surface area contributed by atoms with Crippen LogP contribution in [0.2, 0.25) is 0 Å². The molecule has 48 heavy (non-hydrogen) atoms. The number of aromatic nitrogens is 4. The van der Waals surface area contributed by atoms with E-state index in [0.29, 0.717) is 11.4 Å². The second kappa shape index (κ2) is 19.0. The Bertz CT molecular complexity index is 1430. The predicted molar refractivity (Wildman–Crippen MR) is 160 cm³/mol. The van der Waals surface area contributed by atoms with Gasteiger partial charge in [0.15, 0.2) is 0 Å². The minimum absolute atomic E-state index is 0.00678. The van der Waals surface area contributed by atoms with Crippen molar-refractivity contribution in [2.45, 2.75) is 81.6 Å². The van der Waals surface area contributed by atoms with Crippen LogP contribution in [-0.2, 0) is 51.2 Å². The Morgan fingerprint density at radius 1 is 0.625 bits per heavy atom. The lowest BCUT2D eigenvalue weighted by molar-refractivity contribution is -0.143. The number of amides is 5. The molecule has 0 saturated heterocycles. The van der Waals surface area contributed by atoms with Crippen LogP contribution in [0.5, 0.6) is 0 Å². The number of primary amides is 1. The molecule has 13 N–H and O–H groups in total. The van der Waals surface area contributed by atoms with Gasteiger partial charge in [0.05, 0.1) is 18.7 Å². The molecule has 0 fully saturated rings. The Morgan fingerprint density at radius 2 is 1.02 bits per heavy atom. The number of hydrogen-bond donors (Lipinski definition) is 11. The zero-order valence-corrected chi connectivity index (χ0v) is 25.5. The van der Waals surface area contributed by atoms with Gasteiger partial charge in [-0.1, -0.05) is 0 Å². The van der Waals surface area contributed by atoms with E-state index in [2.05, 4.69) is 41.2 Å². The number of hydrogen-bond acceptors (Lipinski definition) is 11. The molecule has 0 unspecified atom stereocenters. The summed E-state index contributed by atoms with van der Waals surface area (Å²) in [7, 11) is 0. The van der Waals surface area contributed by atoms with Gasteiger partial charge in [0.25, 0.3) is 0 Å². The number of carboxylic acid groups (broad SMARTS) is 3. The number of rotatable bonds is 22. The monoisotopic (exact) mass is 678 g/mol. The highest BCUT2D eigenvalue weighted by atomic mass is 16.4. The quantitative estimate of drug-likeness (QED) is 0.0570. The maximum Gasteiger partial charge on any atom is 0.326 e. The molecule has 21 heteroatoms.